The lowest BCUT2D eigenvalue weighted by Gasteiger charge is -2.22. The highest BCUT2D eigenvalue weighted by Crippen LogP contribution is 2.17. The lowest BCUT2D eigenvalue weighted by atomic mass is 10.1. The largest absolute Gasteiger partial charge is 0.349 e. The standard InChI is InChI=1S/C11H17N3OS/c1-2-14-8-9(7-12-14)11(15)13-10-3-5-16-6-4-10/h7-8,10H,2-6H2,1H3,(H,13,15). The van der Waals surface area contributed by atoms with Crippen LogP contribution in [0, 0.1) is 0 Å². The zero-order chi connectivity index (χ0) is 11.4. The van der Waals surface area contributed by atoms with Crippen LogP contribution < -0.4 is 5.32 Å². The molecule has 1 fully saturated rings. The fourth-order valence-corrected chi connectivity index (χ4v) is 2.87. The zero-order valence-corrected chi connectivity index (χ0v) is 10.3. The first-order chi connectivity index (χ1) is 7.79. The third kappa shape index (κ3) is 2.78. The zero-order valence-electron chi connectivity index (χ0n) is 9.48. The fourth-order valence-electron chi connectivity index (χ4n) is 1.76. The highest BCUT2D eigenvalue weighted by Gasteiger charge is 2.17. The Morgan fingerprint density at radius 2 is 2.38 bits per heavy atom. The van der Waals surface area contributed by atoms with Crippen LogP contribution in [0.1, 0.15) is 30.1 Å². The molecule has 0 atom stereocenters. The quantitative estimate of drug-likeness (QED) is 0.870. The molecule has 0 aliphatic carbocycles. The van der Waals surface area contributed by atoms with E-state index in [-0.39, 0.29) is 5.91 Å². The van der Waals surface area contributed by atoms with E-state index in [0.29, 0.717) is 11.6 Å². The molecule has 1 aliphatic heterocycles. The number of aromatic nitrogens is 2. The minimum Gasteiger partial charge on any atom is -0.349 e. The van der Waals surface area contributed by atoms with Gasteiger partial charge in [0.05, 0.1) is 11.8 Å². The molecular weight excluding hydrogens is 222 g/mol. The topological polar surface area (TPSA) is 46.9 Å². The summed E-state index contributed by atoms with van der Waals surface area (Å²) >= 11 is 1.96. The number of nitrogens with zero attached hydrogens (tertiary/aromatic N) is 2. The second-order valence-electron chi connectivity index (χ2n) is 3.94. The van der Waals surface area contributed by atoms with E-state index in [2.05, 4.69) is 10.4 Å². The molecular formula is C11H17N3OS. The number of carbonyl (C=O) groups is 1. The van der Waals surface area contributed by atoms with Crippen LogP contribution >= 0.6 is 11.8 Å². The van der Waals surface area contributed by atoms with Crippen LogP contribution in [-0.2, 0) is 6.54 Å². The van der Waals surface area contributed by atoms with E-state index in [4.69, 9.17) is 0 Å². The van der Waals surface area contributed by atoms with Gasteiger partial charge in [0.1, 0.15) is 0 Å². The number of rotatable bonds is 3. The van der Waals surface area contributed by atoms with Crippen molar-refractivity contribution >= 4 is 17.7 Å². The van der Waals surface area contributed by atoms with Gasteiger partial charge in [0.2, 0.25) is 0 Å². The Morgan fingerprint density at radius 3 is 3.00 bits per heavy atom. The van der Waals surface area contributed by atoms with Gasteiger partial charge in [0.25, 0.3) is 5.91 Å². The summed E-state index contributed by atoms with van der Waals surface area (Å²) in [5.41, 5.74) is 0.667. The van der Waals surface area contributed by atoms with Crippen molar-refractivity contribution in [3.05, 3.63) is 18.0 Å². The summed E-state index contributed by atoms with van der Waals surface area (Å²) in [7, 11) is 0. The van der Waals surface area contributed by atoms with Crippen LogP contribution in [0.2, 0.25) is 0 Å². The molecule has 5 heteroatoms. The Hall–Kier alpha value is -0.970. The van der Waals surface area contributed by atoms with E-state index in [0.717, 1.165) is 30.9 Å². The minimum atomic E-state index is 0.0107. The molecule has 0 bridgehead atoms. The average molecular weight is 239 g/mol. The van der Waals surface area contributed by atoms with Gasteiger partial charge in [-0.1, -0.05) is 0 Å². The highest BCUT2D eigenvalue weighted by molar-refractivity contribution is 7.99. The lowest BCUT2D eigenvalue weighted by molar-refractivity contribution is 0.0935. The monoisotopic (exact) mass is 239 g/mol. The van der Waals surface area contributed by atoms with Crippen LogP contribution in [0.5, 0.6) is 0 Å². The number of hydrogen-bond donors (Lipinski definition) is 1. The Kier molecular flexibility index (Phi) is 3.88. The molecule has 2 heterocycles. The first kappa shape index (κ1) is 11.5. The first-order valence-corrected chi connectivity index (χ1v) is 6.86. The van der Waals surface area contributed by atoms with Gasteiger partial charge < -0.3 is 5.32 Å². The number of carbonyl (C=O) groups excluding carboxylic acids is 1. The van der Waals surface area contributed by atoms with Crippen molar-refractivity contribution in [2.45, 2.75) is 32.4 Å². The maximum absolute atomic E-state index is 11.9. The van der Waals surface area contributed by atoms with E-state index in [1.807, 2.05) is 18.7 Å². The molecule has 88 valence electrons. The van der Waals surface area contributed by atoms with Crippen LogP contribution in [0.4, 0.5) is 0 Å². The Bertz CT molecular complexity index is 358. The number of thioether (sulfide) groups is 1. The molecule has 1 aromatic rings. The number of aryl methyl sites for hydroxylation is 1. The minimum absolute atomic E-state index is 0.0107. The highest BCUT2D eigenvalue weighted by atomic mass is 32.2. The molecule has 0 aromatic carbocycles. The van der Waals surface area contributed by atoms with E-state index in [1.165, 1.54) is 0 Å². The first-order valence-electron chi connectivity index (χ1n) is 5.70. The molecule has 0 spiro atoms. The molecule has 1 saturated heterocycles. The average Bonchev–Trinajstić information content (AvgIpc) is 2.79. The summed E-state index contributed by atoms with van der Waals surface area (Å²) in [4.78, 5) is 11.9. The predicted octanol–water partition coefficient (Wildman–Crippen LogP) is 1.53. The van der Waals surface area contributed by atoms with Gasteiger partial charge in [-0.3, -0.25) is 9.48 Å². The van der Waals surface area contributed by atoms with E-state index < -0.39 is 0 Å². The van der Waals surface area contributed by atoms with Gasteiger partial charge in [0.15, 0.2) is 0 Å². The predicted molar refractivity (Wildman–Crippen MR) is 65.7 cm³/mol. The van der Waals surface area contributed by atoms with E-state index >= 15 is 0 Å². The summed E-state index contributed by atoms with van der Waals surface area (Å²) < 4.78 is 1.77. The number of amides is 1. The van der Waals surface area contributed by atoms with E-state index in [9.17, 15) is 4.79 Å². The van der Waals surface area contributed by atoms with Crippen molar-refractivity contribution in [2.24, 2.45) is 0 Å². The van der Waals surface area contributed by atoms with Crippen LogP contribution in [0.15, 0.2) is 12.4 Å². The molecule has 0 saturated carbocycles. The summed E-state index contributed by atoms with van der Waals surface area (Å²) in [5, 5.41) is 7.17. The lowest BCUT2D eigenvalue weighted by Crippen LogP contribution is -2.37. The van der Waals surface area contributed by atoms with E-state index in [1.54, 1.807) is 17.1 Å². The summed E-state index contributed by atoms with van der Waals surface area (Å²) in [6, 6.07) is 0.346. The maximum Gasteiger partial charge on any atom is 0.254 e. The molecule has 1 aliphatic rings. The van der Waals surface area contributed by atoms with Gasteiger partial charge in [-0.05, 0) is 31.3 Å². The van der Waals surface area contributed by atoms with Crippen molar-refractivity contribution in [2.75, 3.05) is 11.5 Å². The van der Waals surface area contributed by atoms with Gasteiger partial charge in [-0.2, -0.15) is 16.9 Å². The fraction of sp³-hybridized carbons (Fsp3) is 0.636. The van der Waals surface area contributed by atoms with Crippen molar-refractivity contribution in [3.8, 4) is 0 Å². The Labute approximate surface area is 99.8 Å². The maximum atomic E-state index is 11.9. The molecule has 1 N–H and O–H groups in total. The third-order valence-corrected chi connectivity index (χ3v) is 3.82. The SMILES string of the molecule is CCn1cc(C(=O)NC2CCSCC2)cn1. The molecule has 0 radical (unpaired) electrons. The van der Waals surface area contributed by atoms with Crippen molar-refractivity contribution in [3.63, 3.8) is 0 Å². The third-order valence-electron chi connectivity index (χ3n) is 2.78. The molecule has 1 aromatic heterocycles. The van der Waals surface area contributed by atoms with Gasteiger partial charge in [0, 0.05) is 18.8 Å². The smallest absolute Gasteiger partial charge is 0.254 e. The summed E-state index contributed by atoms with van der Waals surface area (Å²) in [6.45, 7) is 2.81. The Balaban J connectivity index is 1.91. The second-order valence-corrected chi connectivity index (χ2v) is 5.17. The van der Waals surface area contributed by atoms with Crippen LogP contribution in [-0.4, -0.2) is 33.2 Å². The van der Waals surface area contributed by atoms with Crippen molar-refractivity contribution < 1.29 is 4.79 Å². The normalized spacial score (nSPS) is 17.3. The van der Waals surface area contributed by atoms with Gasteiger partial charge >= 0.3 is 0 Å². The van der Waals surface area contributed by atoms with Crippen molar-refractivity contribution in [1.29, 1.82) is 0 Å². The number of hydrogen-bond acceptors (Lipinski definition) is 3. The van der Waals surface area contributed by atoms with Gasteiger partial charge in [-0.25, -0.2) is 0 Å². The molecule has 1 amide bonds. The second kappa shape index (κ2) is 5.39. The van der Waals surface area contributed by atoms with Crippen LogP contribution in [0.3, 0.4) is 0 Å². The Morgan fingerprint density at radius 1 is 1.62 bits per heavy atom. The molecule has 2 rings (SSSR count). The molecule has 16 heavy (non-hydrogen) atoms. The number of nitrogens with one attached hydrogen (secondary N) is 1. The summed E-state index contributed by atoms with van der Waals surface area (Å²) in [6.07, 6.45) is 5.60. The van der Waals surface area contributed by atoms with Crippen molar-refractivity contribution in [1.82, 2.24) is 15.1 Å². The molecule has 0 unspecified atom stereocenters. The van der Waals surface area contributed by atoms with Gasteiger partial charge in [-0.15, -0.1) is 0 Å². The molecule has 4 nitrogen and oxygen atoms in total. The van der Waals surface area contributed by atoms with Crippen LogP contribution in [0.25, 0.3) is 0 Å². The summed E-state index contributed by atoms with van der Waals surface area (Å²) in [5.74, 6) is 2.31.